The average Bonchev–Trinajstić information content (AvgIpc) is 2.74. The van der Waals surface area contributed by atoms with Crippen LogP contribution in [0.2, 0.25) is 0 Å². The van der Waals surface area contributed by atoms with E-state index in [0.717, 1.165) is 25.3 Å². The highest BCUT2D eigenvalue weighted by atomic mass is 16.5. The Morgan fingerprint density at radius 2 is 1.74 bits per heavy atom. The molecule has 3 rings (SSSR count). The molecule has 1 saturated heterocycles. The molecule has 0 bridgehead atoms. The van der Waals surface area contributed by atoms with Gasteiger partial charge in [0.05, 0.1) is 26.1 Å². The number of rotatable bonds is 6. The van der Waals surface area contributed by atoms with Crippen LogP contribution >= 0.6 is 0 Å². The molecule has 8 nitrogen and oxygen atoms in total. The maximum absolute atomic E-state index is 12.5. The molecule has 0 spiro atoms. The second-order valence-electron chi connectivity index (χ2n) is 6.09. The number of methoxy groups -OCH3 is 2. The summed E-state index contributed by atoms with van der Waals surface area (Å²) in [5.41, 5.74) is 1.03. The lowest BCUT2D eigenvalue weighted by atomic mass is 10.2. The SMILES string of the molecule is COc1cc(OC)cc(C(=O)Nc2ccc(N3CCN(C=O)CC3)nc2)c1. The van der Waals surface area contributed by atoms with E-state index >= 15 is 0 Å². The number of benzene rings is 1. The minimum atomic E-state index is -0.277. The smallest absolute Gasteiger partial charge is 0.255 e. The molecular formula is C19H22N4O4. The molecule has 2 heterocycles. The van der Waals surface area contributed by atoms with E-state index in [0.29, 0.717) is 35.8 Å². The van der Waals surface area contributed by atoms with Crippen molar-refractivity contribution in [1.29, 1.82) is 0 Å². The van der Waals surface area contributed by atoms with Crippen molar-refractivity contribution in [2.45, 2.75) is 0 Å². The zero-order valence-electron chi connectivity index (χ0n) is 15.3. The van der Waals surface area contributed by atoms with Crippen LogP contribution in [0.4, 0.5) is 11.5 Å². The maximum atomic E-state index is 12.5. The third kappa shape index (κ3) is 4.46. The number of hydrogen-bond acceptors (Lipinski definition) is 6. The fraction of sp³-hybridized carbons (Fsp3) is 0.316. The van der Waals surface area contributed by atoms with Crippen molar-refractivity contribution in [3.8, 4) is 11.5 Å². The number of pyridine rings is 1. The van der Waals surface area contributed by atoms with Crippen molar-refractivity contribution >= 4 is 23.8 Å². The molecular weight excluding hydrogens is 348 g/mol. The highest BCUT2D eigenvalue weighted by molar-refractivity contribution is 6.04. The molecule has 1 aliphatic rings. The number of aromatic nitrogens is 1. The molecule has 142 valence electrons. The van der Waals surface area contributed by atoms with Gasteiger partial charge in [0.2, 0.25) is 6.41 Å². The summed E-state index contributed by atoms with van der Waals surface area (Å²) in [4.78, 5) is 31.6. The van der Waals surface area contributed by atoms with Crippen LogP contribution in [0.25, 0.3) is 0 Å². The molecule has 2 amide bonds. The number of carbonyl (C=O) groups is 2. The molecule has 27 heavy (non-hydrogen) atoms. The van der Waals surface area contributed by atoms with Gasteiger partial charge < -0.3 is 24.6 Å². The molecule has 1 N–H and O–H groups in total. The van der Waals surface area contributed by atoms with Crippen molar-refractivity contribution in [1.82, 2.24) is 9.88 Å². The van der Waals surface area contributed by atoms with Crippen LogP contribution in [0, 0.1) is 0 Å². The van der Waals surface area contributed by atoms with Crippen molar-refractivity contribution in [3.05, 3.63) is 42.1 Å². The van der Waals surface area contributed by atoms with E-state index in [1.165, 1.54) is 14.2 Å². The van der Waals surface area contributed by atoms with Gasteiger partial charge >= 0.3 is 0 Å². The number of ether oxygens (including phenoxy) is 2. The first-order valence-electron chi connectivity index (χ1n) is 8.57. The molecule has 0 unspecified atom stereocenters. The largest absolute Gasteiger partial charge is 0.497 e. The first-order chi connectivity index (χ1) is 13.1. The Balaban J connectivity index is 1.66. The summed E-state index contributed by atoms with van der Waals surface area (Å²) in [5, 5.41) is 2.82. The summed E-state index contributed by atoms with van der Waals surface area (Å²) in [5.74, 6) is 1.63. The molecule has 0 radical (unpaired) electrons. The predicted molar refractivity (Wildman–Crippen MR) is 102 cm³/mol. The lowest BCUT2D eigenvalue weighted by Gasteiger charge is -2.33. The van der Waals surface area contributed by atoms with Gasteiger partial charge in [-0.05, 0) is 24.3 Å². The van der Waals surface area contributed by atoms with Crippen LogP contribution < -0.4 is 19.7 Å². The van der Waals surface area contributed by atoms with Gasteiger partial charge in [-0.3, -0.25) is 9.59 Å². The number of amides is 2. The molecule has 1 aliphatic heterocycles. The van der Waals surface area contributed by atoms with Crippen LogP contribution in [0.1, 0.15) is 10.4 Å². The van der Waals surface area contributed by atoms with E-state index in [-0.39, 0.29) is 5.91 Å². The number of nitrogens with zero attached hydrogens (tertiary/aromatic N) is 3. The first-order valence-corrected chi connectivity index (χ1v) is 8.57. The van der Waals surface area contributed by atoms with E-state index in [2.05, 4.69) is 15.2 Å². The number of anilines is 2. The lowest BCUT2D eigenvalue weighted by molar-refractivity contribution is -0.118. The summed E-state index contributed by atoms with van der Waals surface area (Å²) >= 11 is 0. The van der Waals surface area contributed by atoms with Gasteiger partial charge in [0.25, 0.3) is 5.91 Å². The summed E-state index contributed by atoms with van der Waals surface area (Å²) in [7, 11) is 3.07. The van der Waals surface area contributed by atoms with Crippen molar-refractivity contribution in [3.63, 3.8) is 0 Å². The number of carbonyl (C=O) groups excluding carboxylic acids is 2. The van der Waals surface area contributed by atoms with Gasteiger partial charge in [0.15, 0.2) is 0 Å². The summed E-state index contributed by atoms with van der Waals surface area (Å²) < 4.78 is 10.4. The normalized spacial score (nSPS) is 13.9. The number of piperazine rings is 1. The van der Waals surface area contributed by atoms with E-state index in [9.17, 15) is 9.59 Å². The van der Waals surface area contributed by atoms with Gasteiger partial charge in [-0.25, -0.2) is 4.98 Å². The van der Waals surface area contributed by atoms with Gasteiger partial charge in [-0.2, -0.15) is 0 Å². The quantitative estimate of drug-likeness (QED) is 0.778. The third-order valence-corrected chi connectivity index (χ3v) is 4.41. The monoisotopic (exact) mass is 370 g/mol. The number of nitrogens with one attached hydrogen (secondary N) is 1. The molecule has 0 saturated carbocycles. The van der Waals surface area contributed by atoms with Crippen LogP contribution in [-0.4, -0.2) is 62.6 Å². The second kappa shape index (κ2) is 8.39. The minimum absolute atomic E-state index is 0.277. The van der Waals surface area contributed by atoms with Crippen LogP contribution in [0.3, 0.4) is 0 Å². The van der Waals surface area contributed by atoms with E-state index in [1.54, 1.807) is 29.3 Å². The maximum Gasteiger partial charge on any atom is 0.255 e. The Labute approximate surface area is 157 Å². The second-order valence-corrected chi connectivity index (χ2v) is 6.09. The standard InChI is InChI=1S/C19H22N4O4/c1-26-16-9-14(10-17(11-16)27-2)19(25)21-15-3-4-18(20-12-15)23-7-5-22(13-24)6-8-23/h3-4,9-13H,5-8H2,1-2H3,(H,21,25). The zero-order valence-corrected chi connectivity index (χ0v) is 15.3. The van der Waals surface area contributed by atoms with Gasteiger partial charge in [-0.15, -0.1) is 0 Å². The van der Waals surface area contributed by atoms with Crippen LogP contribution in [-0.2, 0) is 4.79 Å². The Hall–Kier alpha value is -3.29. The Morgan fingerprint density at radius 3 is 2.26 bits per heavy atom. The molecule has 1 aromatic carbocycles. The van der Waals surface area contributed by atoms with Gasteiger partial charge in [0.1, 0.15) is 17.3 Å². The fourth-order valence-electron chi connectivity index (χ4n) is 2.85. The topological polar surface area (TPSA) is 84.0 Å². The molecule has 1 fully saturated rings. The van der Waals surface area contributed by atoms with Crippen LogP contribution in [0.5, 0.6) is 11.5 Å². The predicted octanol–water partition coefficient (Wildman–Crippen LogP) is 1.63. The first kappa shape index (κ1) is 18.5. The average molecular weight is 370 g/mol. The molecule has 8 heteroatoms. The molecule has 1 aromatic heterocycles. The molecule has 2 aromatic rings. The highest BCUT2D eigenvalue weighted by Gasteiger charge is 2.17. The highest BCUT2D eigenvalue weighted by Crippen LogP contribution is 2.23. The van der Waals surface area contributed by atoms with Gasteiger partial charge in [0, 0.05) is 37.8 Å². The van der Waals surface area contributed by atoms with Crippen molar-refractivity contribution in [2.24, 2.45) is 0 Å². The number of hydrogen-bond donors (Lipinski definition) is 1. The Bertz CT molecular complexity index is 780. The lowest BCUT2D eigenvalue weighted by Crippen LogP contribution is -2.46. The minimum Gasteiger partial charge on any atom is -0.497 e. The molecule has 0 aliphatic carbocycles. The summed E-state index contributed by atoms with van der Waals surface area (Å²) in [6, 6.07) is 8.66. The Morgan fingerprint density at radius 1 is 1.07 bits per heavy atom. The third-order valence-electron chi connectivity index (χ3n) is 4.41. The Kier molecular flexibility index (Phi) is 5.75. The van der Waals surface area contributed by atoms with E-state index in [4.69, 9.17) is 9.47 Å². The summed E-state index contributed by atoms with van der Waals surface area (Å²) in [6.07, 6.45) is 2.49. The van der Waals surface area contributed by atoms with Crippen molar-refractivity contribution in [2.75, 3.05) is 50.6 Å². The molecule has 0 atom stereocenters. The fourth-order valence-corrected chi connectivity index (χ4v) is 2.85. The van der Waals surface area contributed by atoms with Gasteiger partial charge in [-0.1, -0.05) is 0 Å². The van der Waals surface area contributed by atoms with E-state index in [1.807, 2.05) is 12.1 Å². The van der Waals surface area contributed by atoms with Crippen molar-refractivity contribution < 1.29 is 19.1 Å². The van der Waals surface area contributed by atoms with E-state index < -0.39 is 0 Å². The summed E-state index contributed by atoms with van der Waals surface area (Å²) in [6.45, 7) is 2.84. The zero-order chi connectivity index (χ0) is 19.2. The van der Waals surface area contributed by atoms with Crippen LogP contribution in [0.15, 0.2) is 36.5 Å².